The number of nitrogens with zero attached hydrogens (tertiary/aromatic N) is 4. The highest BCUT2D eigenvalue weighted by molar-refractivity contribution is 5.95. The minimum absolute atomic E-state index is 0.113. The molecular weight excluding hydrogens is 300 g/mol. The summed E-state index contributed by atoms with van der Waals surface area (Å²) in [5.74, 6) is 0.113. The third-order valence-corrected chi connectivity index (χ3v) is 4.65. The van der Waals surface area contributed by atoms with Crippen LogP contribution >= 0.6 is 0 Å². The van der Waals surface area contributed by atoms with Crippen LogP contribution in [-0.4, -0.2) is 51.7 Å². The highest BCUT2D eigenvalue weighted by Gasteiger charge is 2.24. The van der Waals surface area contributed by atoms with E-state index in [0.29, 0.717) is 0 Å². The van der Waals surface area contributed by atoms with E-state index >= 15 is 0 Å². The number of aryl methyl sites for hydroxylation is 3. The molecule has 24 heavy (non-hydrogen) atoms. The van der Waals surface area contributed by atoms with E-state index in [4.69, 9.17) is 0 Å². The lowest BCUT2D eigenvalue weighted by molar-refractivity contribution is 0.0627. The first kappa shape index (κ1) is 16.7. The molecule has 1 aliphatic heterocycles. The standard InChI is InChI=1S/C19H26N4O/c1-4-23-14-18(16(3)20-23)19(24)22-10-8-21(9-11-22)13-17-7-5-6-15(2)12-17/h5-7,12,14H,4,8-11,13H2,1-3H3. The molecule has 128 valence electrons. The Labute approximate surface area is 143 Å². The topological polar surface area (TPSA) is 41.4 Å². The minimum atomic E-state index is 0.113. The number of carbonyl (C=O) groups is 1. The summed E-state index contributed by atoms with van der Waals surface area (Å²) in [5.41, 5.74) is 4.20. The molecule has 0 bridgehead atoms. The van der Waals surface area contributed by atoms with Gasteiger partial charge in [-0.3, -0.25) is 14.4 Å². The van der Waals surface area contributed by atoms with Crippen LogP contribution < -0.4 is 0 Å². The largest absolute Gasteiger partial charge is 0.336 e. The lowest BCUT2D eigenvalue weighted by Crippen LogP contribution is -2.48. The summed E-state index contributed by atoms with van der Waals surface area (Å²) in [7, 11) is 0. The average Bonchev–Trinajstić information content (AvgIpc) is 2.96. The summed E-state index contributed by atoms with van der Waals surface area (Å²) in [6, 6.07) is 8.64. The van der Waals surface area contributed by atoms with Gasteiger partial charge >= 0.3 is 0 Å². The van der Waals surface area contributed by atoms with Gasteiger partial charge in [-0.2, -0.15) is 5.10 Å². The first-order chi connectivity index (χ1) is 11.6. The van der Waals surface area contributed by atoms with Crippen LogP contribution in [0.2, 0.25) is 0 Å². The maximum atomic E-state index is 12.7. The lowest BCUT2D eigenvalue weighted by atomic mass is 10.1. The number of benzene rings is 1. The van der Waals surface area contributed by atoms with Crippen molar-refractivity contribution in [3.8, 4) is 0 Å². The zero-order valence-corrected chi connectivity index (χ0v) is 14.8. The molecule has 1 fully saturated rings. The summed E-state index contributed by atoms with van der Waals surface area (Å²) >= 11 is 0. The van der Waals surface area contributed by atoms with Gasteiger partial charge in [0.25, 0.3) is 5.91 Å². The molecular formula is C19H26N4O. The van der Waals surface area contributed by atoms with Gasteiger partial charge in [0.15, 0.2) is 0 Å². The molecule has 0 N–H and O–H groups in total. The van der Waals surface area contributed by atoms with Crippen molar-refractivity contribution in [2.45, 2.75) is 33.9 Å². The number of carbonyl (C=O) groups excluding carboxylic acids is 1. The first-order valence-corrected chi connectivity index (χ1v) is 8.68. The molecule has 3 rings (SSSR count). The summed E-state index contributed by atoms with van der Waals surface area (Å²) in [5, 5.41) is 4.38. The summed E-state index contributed by atoms with van der Waals surface area (Å²) < 4.78 is 1.83. The van der Waals surface area contributed by atoms with Gasteiger partial charge in [0.05, 0.1) is 11.3 Å². The molecule has 5 heteroatoms. The molecule has 1 aromatic heterocycles. The SMILES string of the molecule is CCn1cc(C(=O)N2CCN(Cc3cccc(C)c3)CC2)c(C)n1. The average molecular weight is 326 g/mol. The van der Waals surface area contributed by atoms with E-state index in [-0.39, 0.29) is 5.91 Å². The Morgan fingerprint density at radius 3 is 2.54 bits per heavy atom. The van der Waals surface area contributed by atoms with Crippen molar-refractivity contribution in [2.24, 2.45) is 0 Å². The summed E-state index contributed by atoms with van der Waals surface area (Å²) in [6.45, 7) is 11.2. The fourth-order valence-electron chi connectivity index (χ4n) is 3.24. The summed E-state index contributed by atoms with van der Waals surface area (Å²) in [6.07, 6.45) is 1.87. The van der Waals surface area contributed by atoms with Crippen molar-refractivity contribution in [1.82, 2.24) is 19.6 Å². The third kappa shape index (κ3) is 3.67. The molecule has 0 unspecified atom stereocenters. The van der Waals surface area contributed by atoms with Gasteiger partial charge in [0.2, 0.25) is 0 Å². The number of aromatic nitrogens is 2. The molecule has 0 saturated carbocycles. The van der Waals surface area contributed by atoms with Gasteiger partial charge in [-0.1, -0.05) is 29.8 Å². The van der Waals surface area contributed by atoms with Crippen LogP contribution in [0.5, 0.6) is 0 Å². The van der Waals surface area contributed by atoms with Crippen LogP contribution in [-0.2, 0) is 13.1 Å². The van der Waals surface area contributed by atoms with Crippen molar-refractivity contribution < 1.29 is 4.79 Å². The smallest absolute Gasteiger partial charge is 0.257 e. The molecule has 1 saturated heterocycles. The van der Waals surface area contributed by atoms with Crippen molar-refractivity contribution >= 4 is 5.91 Å². The van der Waals surface area contributed by atoms with Crippen LogP contribution in [0.4, 0.5) is 0 Å². The van der Waals surface area contributed by atoms with Gasteiger partial charge in [-0.15, -0.1) is 0 Å². The fraction of sp³-hybridized carbons (Fsp3) is 0.474. The molecule has 2 heterocycles. The molecule has 0 atom stereocenters. The number of hydrogen-bond donors (Lipinski definition) is 0. The van der Waals surface area contributed by atoms with E-state index in [1.165, 1.54) is 11.1 Å². The highest BCUT2D eigenvalue weighted by atomic mass is 16.2. The second kappa shape index (κ2) is 7.18. The monoisotopic (exact) mass is 326 g/mol. The van der Waals surface area contributed by atoms with E-state index in [0.717, 1.165) is 50.5 Å². The van der Waals surface area contributed by atoms with Crippen LogP contribution in [0, 0.1) is 13.8 Å². The van der Waals surface area contributed by atoms with Gasteiger partial charge in [-0.25, -0.2) is 0 Å². The number of rotatable bonds is 4. The van der Waals surface area contributed by atoms with E-state index in [1.54, 1.807) is 0 Å². The first-order valence-electron chi connectivity index (χ1n) is 8.68. The zero-order chi connectivity index (χ0) is 17.1. The Kier molecular flexibility index (Phi) is 5.00. The Bertz CT molecular complexity index is 714. The van der Waals surface area contributed by atoms with Crippen molar-refractivity contribution in [3.05, 3.63) is 52.8 Å². The molecule has 2 aromatic rings. The Hall–Kier alpha value is -2.14. The second-order valence-electron chi connectivity index (χ2n) is 6.54. The lowest BCUT2D eigenvalue weighted by Gasteiger charge is -2.34. The quantitative estimate of drug-likeness (QED) is 0.867. The predicted octanol–water partition coefficient (Wildman–Crippen LogP) is 2.48. The maximum absolute atomic E-state index is 12.7. The van der Waals surface area contributed by atoms with Crippen molar-refractivity contribution in [2.75, 3.05) is 26.2 Å². The van der Waals surface area contributed by atoms with Crippen molar-refractivity contribution in [1.29, 1.82) is 0 Å². The maximum Gasteiger partial charge on any atom is 0.257 e. The Morgan fingerprint density at radius 1 is 1.17 bits per heavy atom. The van der Waals surface area contributed by atoms with Crippen LogP contribution in [0.25, 0.3) is 0 Å². The van der Waals surface area contributed by atoms with Gasteiger partial charge in [0, 0.05) is 45.5 Å². The van der Waals surface area contributed by atoms with Gasteiger partial charge < -0.3 is 4.90 Å². The zero-order valence-electron chi connectivity index (χ0n) is 14.8. The van der Waals surface area contributed by atoms with E-state index < -0.39 is 0 Å². The fourth-order valence-corrected chi connectivity index (χ4v) is 3.24. The van der Waals surface area contributed by atoms with Crippen LogP contribution in [0.3, 0.4) is 0 Å². The third-order valence-electron chi connectivity index (χ3n) is 4.65. The molecule has 5 nitrogen and oxygen atoms in total. The Morgan fingerprint density at radius 2 is 1.92 bits per heavy atom. The second-order valence-corrected chi connectivity index (χ2v) is 6.54. The predicted molar refractivity (Wildman–Crippen MR) is 95.0 cm³/mol. The van der Waals surface area contributed by atoms with Crippen LogP contribution in [0.1, 0.15) is 34.1 Å². The minimum Gasteiger partial charge on any atom is -0.336 e. The highest BCUT2D eigenvalue weighted by Crippen LogP contribution is 2.14. The van der Waals surface area contributed by atoms with Crippen LogP contribution in [0.15, 0.2) is 30.5 Å². The van der Waals surface area contributed by atoms with Gasteiger partial charge in [0.1, 0.15) is 0 Å². The number of amides is 1. The molecule has 1 aliphatic rings. The van der Waals surface area contributed by atoms with Gasteiger partial charge in [-0.05, 0) is 26.3 Å². The molecule has 0 radical (unpaired) electrons. The molecule has 1 amide bonds. The van der Waals surface area contributed by atoms with E-state index in [1.807, 2.05) is 29.6 Å². The van der Waals surface area contributed by atoms with Crippen molar-refractivity contribution in [3.63, 3.8) is 0 Å². The summed E-state index contributed by atoms with van der Waals surface area (Å²) in [4.78, 5) is 17.1. The van der Waals surface area contributed by atoms with E-state index in [9.17, 15) is 4.79 Å². The van der Waals surface area contributed by atoms with E-state index in [2.05, 4.69) is 41.2 Å². The molecule has 1 aromatic carbocycles. The normalized spacial score (nSPS) is 15.7. The number of piperazine rings is 1. The number of hydrogen-bond acceptors (Lipinski definition) is 3. The molecule has 0 aliphatic carbocycles. The Balaban J connectivity index is 1.58. The molecule has 0 spiro atoms.